The van der Waals surface area contributed by atoms with Gasteiger partial charge in [0.1, 0.15) is 0 Å². The summed E-state index contributed by atoms with van der Waals surface area (Å²) in [5.74, 6) is 1.01. The van der Waals surface area contributed by atoms with Crippen LogP contribution in [0.3, 0.4) is 0 Å². The van der Waals surface area contributed by atoms with Gasteiger partial charge in [-0.15, -0.1) is 0 Å². The topological polar surface area (TPSA) is 0 Å². The van der Waals surface area contributed by atoms with Gasteiger partial charge in [-0.05, 0) is 0 Å². The molecular weight excluding hydrogens is 323 g/mol. The summed E-state index contributed by atoms with van der Waals surface area (Å²) in [6.07, 6.45) is 15.8. The molecule has 0 fully saturated rings. The Hall–Kier alpha value is 0.799. The van der Waals surface area contributed by atoms with Crippen LogP contribution >= 0.6 is 0 Å². The third-order valence-electron chi connectivity index (χ3n) is 4.28. The van der Waals surface area contributed by atoms with Gasteiger partial charge in [0.2, 0.25) is 0 Å². The molecule has 1 atom stereocenters. The fourth-order valence-electron chi connectivity index (χ4n) is 3.01. The Bertz CT molecular complexity index is 168. The molecule has 18 heavy (non-hydrogen) atoms. The summed E-state index contributed by atoms with van der Waals surface area (Å²) in [5, 5.41) is 0. The molecule has 0 amide bonds. The van der Waals surface area contributed by atoms with Gasteiger partial charge < -0.3 is 0 Å². The van der Waals surface area contributed by atoms with Crippen LogP contribution in [0.5, 0.6) is 0 Å². The number of hydrogen-bond donors (Lipinski definition) is 0. The van der Waals surface area contributed by atoms with Crippen molar-refractivity contribution in [2.45, 2.75) is 102 Å². The van der Waals surface area contributed by atoms with Crippen molar-refractivity contribution in [2.24, 2.45) is 5.92 Å². The molecular formula is C17H35Sn. The molecule has 0 rings (SSSR count). The molecule has 3 radical (unpaired) electrons. The summed E-state index contributed by atoms with van der Waals surface area (Å²) in [7, 11) is 0. The second kappa shape index (κ2) is 11.6. The predicted octanol–water partition coefficient (Wildman–Crippen LogP) is 6.30. The standard InChI is InChI=1S/C17H35.Sn/c1-5-9-13-16(12-8-4)17(14-10-6-2)15-11-7-3;/h16H,5-15H2,1-4H3;. The molecule has 0 saturated carbocycles. The molecule has 107 valence electrons. The van der Waals surface area contributed by atoms with E-state index in [9.17, 15) is 0 Å². The molecule has 0 spiro atoms. The van der Waals surface area contributed by atoms with Gasteiger partial charge >= 0.3 is 130 Å². The normalized spacial score (nSPS) is 13.8. The van der Waals surface area contributed by atoms with Gasteiger partial charge in [-0.3, -0.25) is 0 Å². The van der Waals surface area contributed by atoms with Crippen molar-refractivity contribution in [3.8, 4) is 0 Å². The molecule has 0 aliphatic rings. The SMILES string of the molecule is CCCCC(CCC)[C]([Sn])(CCCC)CCCC. The van der Waals surface area contributed by atoms with Gasteiger partial charge in [-0.25, -0.2) is 0 Å². The molecule has 0 aromatic heterocycles. The monoisotopic (exact) mass is 359 g/mol. The molecule has 0 aliphatic heterocycles. The molecule has 0 aromatic carbocycles. The summed E-state index contributed by atoms with van der Waals surface area (Å²) in [6, 6.07) is 0. The first-order valence-corrected chi connectivity index (χ1v) is 9.82. The van der Waals surface area contributed by atoms with Crippen molar-refractivity contribution in [1.82, 2.24) is 0 Å². The van der Waals surface area contributed by atoms with Gasteiger partial charge in [0, 0.05) is 0 Å². The summed E-state index contributed by atoms with van der Waals surface area (Å²) >= 11 is 1.83. The zero-order valence-electron chi connectivity index (χ0n) is 13.4. The second-order valence-corrected chi connectivity index (χ2v) is 8.83. The molecule has 0 heterocycles. The van der Waals surface area contributed by atoms with E-state index in [2.05, 4.69) is 27.7 Å². The number of unbranched alkanes of at least 4 members (excludes halogenated alkanes) is 3. The summed E-state index contributed by atoms with van der Waals surface area (Å²) < 4.78 is 0.712. The van der Waals surface area contributed by atoms with Gasteiger partial charge in [0.15, 0.2) is 0 Å². The first kappa shape index (κ1) is 18.8. The van der Waals surface area contributed by atoms with Gasteiger partial charge in [-0.2, -0.15) is 0 Å². The Morgan fingerprint density at radius 1 is 0.722 bits per heavy atom. The quantitative estimate of drug-likeness (QED) is 0.359. The Balaban J connectivity index is 4.59. The van der Waals surface area contributed by atoms with Crippen LogP contribution in [0.25, 0.3) is 0 Å². The maximum atomic E-state index is 2.37. The molecule has 0 nitrogen and oxygen atoms in total. The van der Waals surface area contributed by atoms with E-state index < -0.39 is 0 Å². The average molecular weight is 358 g/mol. The van der Waals surface area contributed by atoms with Crippen LogP contribution in [0.4, 0.5) is 0 Å². The average Bonchev–Trinajstić information content (AvgIpc) is 2.38. The van der Waals surface area contributed by atoms with E-state index >= 15 is 0 Å². The van der Waals surface area contributed by atoms with Gasteiger partial charge in [0.25, 0.3) is 0 Å². The van der Waals surface area contributed by atoms with Crippen LogP contribution in [0.15, 0.2) is 0 Å². The summed E-state index contributed by atoms with van der Waals surface area (Å²) in [5.41, 5.74) is 0. The van der Waals surface area contributed by atoms with Crippen molar-refractivity contribution in [2.75, 3.05) is 0 Å². The van der Waals surface area contributed by atoms with E-state index in [1.54, 1.807) is 0 Å². The number of rotatable bonds is 12. The predicted molar refractivity (Wildman–Crippen MR) is 85.4 cm³/mol. The fraction of sp³-hybridized carbons (Fsp3) is 1.00. The molecule has 0 saturated heterocycles. The number of hydrogen-bond acceptors (Lipinski definition) is 0. The third-order valence-corrected chi connectivity index (χ3v) is 6.87. The molecule has 0 bridgehead atoms. The summed E-state index contributed by atoms with van der Waals surface area (Å²) in [4.78, 5) is 0. The van der Waals surface area contributed by atoms with Crippen LogP contribution in [0, 0.1) is 5.92 Å². The minimum atomic E-state index is 0.712. The molecule has 0 aromatic rings. The first-order chi connectivity index (χ1) is 8.64. The van der Waals surface area contributed by atoms with Crippen LogP contribution in [-0.2, 0) is 0 Å². The van der Waals surface area contributed by atoms with E-state index in [0.29, 0.717) is 3.43 Å². The zero-order valence-corrected chi connectivity index (χ0v) is 16.2. The van der Waals surface area contributed by atoms with E-state index in [1.807, 2.05) is 22.5 Å². The van der Waals surface area contributed by atoms with Crippen molar-refractivity contribution in [3.05, 3.63) is 0 Å². The zero-order chi connectivity index (χ0) is 13.9. The van der Waals surface area contributed by atoms with Crippen molar-refractivity contribution >= 4 is 22.5 Å². The Morgan fingerprint density at radius 2 is 1.22 bits per heavy atom. The van der Waals surface area contributed by atoms with E-state index in [-0.39, 0.29) is 0 Å². The van der Waals surface area contributed by atoms with E-state index in [0.717, 1.165) is 5.92 Å². The Kier molecular flexibility index (Phi) is 12.1. The maximum absolute atomic E-state index is 2.37. The first-order valence-electron chi connectivity index (χ1n) is 8.39. The van der Waals surface area contributed by atoms with Crippen molar-refractivity contribution < 1.29 is 0 Å². The second-order valence-electron chi connectivity index (χ2n) is 5.99. The van der Waals surface area contributed by atoms with E-state index in [4.69, 9.17) is 0 Å². The molecule has 0 aliphatic carbocycles. The molecule has 0 N–H and O–H groups in total. The summed E-state index contributed by atoms with van der Waals surface area (Å²) in [6.45, 7) is 9.40. The fourth-order valence-corrected chi connectivity index (χ4v) is 4.85. The third kappa shape index (κ3) is 7.40. The van der Waals surface area contributed by atoms with Crippen LogP contribution in [-0.4, -0.2) is 22.5 Å². The Morgan fingerprint density at radius 3 is 1.61 bits per heavy atom. The van der Waals surface area contributed by atoms with Gasteiger partial charge in [-0.1, -0.05) is 0 Å². The Labute approximate surface area is 130 Å². The molecule has 1 unspecified atom stereocenters. The van der Waals surface area contributed by atoms with Gasteiger partial charge in [0.05, 0.1) is 0 Å². The van der Waals surface area contributed by atoms with Crippen LogP contribution in [0.1, 0.15) is 98.3 Å². The van der Waals surface area contributed by atoms with Crippen LogP contribution < -0.4 is 0 Å². The molecule has 1 heteroatoms. The van der Waals surface area contributed by atoms with E-state index in [1.165, 1.54) is 70.6 Å². The minimum absolute atomic E-state index is 0.712. The van der Waals surface area contributed by atoms with Crippen molar-refractivity contribution in [1.29, 1.82) is 0 Å². The van der Waals surface area contributed by atoms with Crippen molar-refractivity contribution in [3.63, 3.8) is 0 Å². The van der Waals surface area contributed by atoms with Crippen LogP contribution in [0.2, 0.25) is 3.43 Å².